The van der Waals surface area contributed by atoms with Crippen molar-refractivity contribution in [3.05, 3.63) is 35.7 Å². The van der Waals surface area contributed by atoms with Gasteiger partial charge in [0.1, 0.15) is 0 Å². The van der Waals surface area contributed by atoms with Gasteiger partial charge in [0.15, 0.2) is 0 Å². The summed E-state index contributed by atoms with van der Waals surface area (Å²) in [5, 5.41) is 2.10. The lowest BCUT2D eigenvalue weighted by atomic mass is 10.0. The highest BCUT2D eigenvalue weighted by Gasteiger charge is 2.02. The highest BCUT2D eigenvalue weighted by atomic mass is 14.7. The van der Waals surface area contributed by atoms with E-state index in [0.29, 0.717) is 12.2 Å². The zero-order valence-corrected chi connectivity index (χ0v) is 8.12. The van der Waals surface area contributed by atoms with Crippen molar-refractivity contribution >= 4 is 16.5 Å². The Morgan fingerprint density at radius 2 is 2.07 bits per heavy atom. The molecule has 0 fully saturated rings. The van der Waals surface area contributed by atoms with Gasteiger partial charge in [0, 0.05) is 23.5 Å². The highest BCUT2D eigenvalue weighted by Crippen LogP contribution is 2.23. The average Bonchev–Trinajstić information content (AvgIpc) is 2.17. The minimum Gasteiger partial charge on any atom is -0.397 e. The Kier molecular flexibility index (Phi) is 2.09. The van der Waals surface area contributed by atoms with Gasteiger partial charge in [-0.25, -0.2) is 0 Å². The molecular formula is C11H13N3. The van der Waals surface area contributed by atoms with E-state index in [1.807, 2.05) is 19.2 Å². The van der Waals surface area contributed by atoms with Crippen LogP contribution in [0.2, 0.25) is 0 Å². The van der Waals surface area contributed by atoms with E-state index >= 15 is 0 Å². The normalized spacial score (nSPS) is 10.7. The maximum absolute atomic E-state index is 5.83. The Bertz CT molecular complexity index is 477. The van der Waals surface area contributed by atoms with Gasteiger partial charge in [0.05, 0.1) is 11.9 Å². The Morgan fingerprint density at radius 3 is 2.79 bits per heavy atom. The van der Waals surface area contributed by atoms with Crippen molar-refractivity contribution in [2.24, 2.45) is 5.73 Å². The van der Waals surface area contributed by atoms with E-state index in [-0.39, 0.29) is 0 Å². The first-order valence-electron chi connectivity index (χ1n) is 4.55. The number of rotatable bonds is 1. The molecule has 0 amide bonds. The topological polar surface area (TPSA) is 64.9 Å². The van der Waals surface area contributed by atoms with Gasteiger partial charge in [-0.3, -0.25) is 4.98 Å². The van der Waals surface area contributed by atoms with E-state index in [0.717, 1.165) is 16.3 Å². The second kappa shape index (κ2) is 3.27. The fraction of sp³-hybridized carbons (Fsp3) is 0.182. The molecule has 0 bridgehead atoms. The summed E-state index contributed by atoms with van der Waals surface area (Å²) in [6.07, 6.45) is 3.48. The zero-order chi connectivity index (χ0) is 10.1. The SMILES string of the molecule is Cc1cc2cncc(N)c2cc1CN. The summed E-state index contributed by atoms with van der Waals surface area (Å²) in [6.45, 7) is 2.59. The number of benzene rings is 1. The first-order valence-corrected chi connectivity index (χ1v) is 4.55. The fourth-order valence-corrected chi connectivity index (χ4v) is 1.62. The van der Waals surface area contributed by atoms with E-state index in [9.17, 15) is 0 Å². The van der Waals surface area contributed by atoms with Gasteiger partial charge in [0.25, 0.3) is 0 Å². The number of anilines is 1. The van der Waals surface area contributed by atoms with Crippen LogP contribution in [0, 0.1) is 6.92 Å². The predicted molar refractivity (Wildman–Crippen MR) is 58.8 cm³/mol. The molecule has 1 heterocycles. The molecule has 3 heteroatoms. The summed E-state index contributed by atoms with van der Waals surface area (Å²) < 4.78 is 0. The molecule has 0 saturated carbocycles. The Labute approximate surface area is 82.7 Å². The fourth-order valence-electron chi connectivity index (χ4n) is 1.62. The van der Waals surface area contributed by atoms with Crippen molar-refractivity contribution in [1.29, 1.82) is 0 Å². The number of pyridine rings is 1. The first kappa shape index (κ1) is 8.97. The molecule has 0 radical (unpaired) electrons. The van der Waals surface area contributed by atoms with Crippen LogP contribution < -0.4 is 11.5 Å². The first-order chi connectivity index (χ1) is 6.72. The molecule has 0 saturated heterocycles. The quantitative estimate of drug-likeness (QED) is 0.712. The zero-order valence-electron chi connectivity index (χ0n) is 8.12. The lowest BCUT2D eigenvalue weighted by Gasteiger charge is -2.07. The van der Waals surface area contributed by atoms with E-state index in [2.05, 4.69) is 11.1 Å². The van der Waals surface area contributed by atoms with E-state index in [1.54, 1.807) is 6.20 Å². The van der Waals surface area contributed by atoms with Crippen molar-refractivity contribution in [2.45, 2.75) is 13.5 Å². The summed E-state index contributed by atoms with van der Waals surface area (Å²) in [5.41, 5.74) is 14.5. The number of aromatic nitrogens is 1. The highest BCUT2D eigenvalue weighted by molar-refractivity contribution is 5.92. The number of nitrogen functional groups attached to an aromatic ring is 1. The standard InChI is InChI=1S/C11H13N3/c1-7-2-9-5-14-6-11(13)10(9)3-8(7)4-12/h2-3,5-6H,4,12-13H2,1H3. The van der Waals surface area contributed by atoms with Crippen molar-refractivity contribution in [1.82, 2.24) is 4.98 Å². The summed E-state index contributed by atoms with van der Waals surface area (Å²) in [4.78, 5) is 4.05. The lowest BCUT2D eigenvalue weighted by Crippen LogP contribution is -2.00. The van der Waals surface area contributed by atoms with Crippen LogP contribution >= 0.6 is 0 Å². The number of aryl methyl sites for hydroxylation is 1. The molecule has 0 aliphatic carbocycles. The van der Waals surface area contributed by atoms with Gasteiger partial charge in [0.2, 0.25) is 0 Å². The number of hydrogen-bond acceptors (Lipinski definition) is 3. The Hall–Kier alpha value is -1.61. The van der Waals surface area contributed by atoms with Crippen LogP contribution in [-0.2, 0) is 6.54 Å². The molecule has 0 atom stereocenters. The number of nitrogens with two attached hydrogens (primary N) is 2. The molecule has 14 heavy (non-hydrogen) atoms. The van der Waals surface area contributed by atoms with Crippen LogP contribution in [0.1, 0.15) is 11.1 Å². The Balaban J connectivity index is 2.80. The molecule has 1 aromatic carbocycles. The third-order valence-electron chi connectivity index (χ3n) is 2.47. The van der Waals surface area contributed by atoms with Crippen LogP contribution in [0.5, 0.6) is 0 Å². The number of nitrogens with zero attached hydrogens (tertiary/aromatic N) is 1. The molecule has 0 aliphatic heterocycles. The molecule has 2 rings (SSSR count). The van der Waals surface area contributed by atoms with Crippen molar-refractivity contribution < 1.29 is 0 Å². The average molecular weight is 187 g/mol. The van der Waals surface area contributed by atoms with Gasteiger partial charge < -0.3 is 11.5 Å². The van der Waals surface area contributed by atoms with E-state index in [1.165, 1.54) is 5.56 Å². The van der Waals surface area contributed by atoms with Crippen molar-refractivity contribution in [3.8, 4) is 0 Å². The molecule has 2 aromatic rings. The van der Waals surface area contributed by atoms with E-state index < -0.39 is 0 Å². The molecule has 4 N–H and O–H groups in total. The molecule has 3 nitrogen and oxygen atoms in total. The maximum atomic E-state index is 5.83. The molecule has 1 aromatic heterocycles. The van der Waals surface area contributed by atoms with Crippen LogP contribution in [0.4, 0.5) is 5.69 Å². The van der Waals surface area contributed by atoms with Crippen LogP contribution in [0.3, 0.4) is 0 Å². The lowest BCUT2D eigenvalue weighted by molar-refractivity contribution is 1.05. The third-order valence-corrected chi connectivity index (χ3v) is 2.47. The second-order valence-corrected chi connectivity index (χ2v) is 3.43. The van der Waals surface area contributed by atoms with Gasteiger partial charge in [-0.2, -0.15) is 0 Å². The molecule has 0 unspecified atom stereocenters. The minimum absolute atomic E-state index is 0.545. The van der Waals surface area contributed by atoms with Crippen LogP contribution in [0.25, 0.3) is 10.8 Å². The minimum atomic E-state index is 0.545. The summed E-state index contributed by atoms with van der Waals surface area (Å²) in [6, 6.07) is 4.11. The summed E-state index contributed by atoms with van der Waals surface area (Å²) in [7, 11) is 0. The van der Waals surface area contributed by atoms with E-state index in [4.69, 9.17) is 11.5 Å². The number of fused-ring (bicyclic) bond motifs is 1. The van der Waals surface area contributed by atoms with Crippen LogP contribution in [-0.4, -0.2) is 4.98 Å². The molecule has 0 aliphatic rings. The smallest absolute Gasteiger partial charge is 0.0580 e. The van der Waals surface area contributed by atoms with Crippen molar-refractivity contribution in [2.75, 3.05) is 5.73 Å². The van der Waals surface area contributed by atoms with Gasteiger partial charge in [-0.1, -0.05) is 0 Å². The molecule has 72 valence electrons. The second-order valence-electron chi connectivity index (χ2n) is 3.43. The molecular weight excluding hydrogens is 174 g/mol. The largest absolute Gasteiger partial charge is 0.397 e. The predicted octanol–water partition coefficient (Wildman–Crippen LogP) is 1.58. The van der Waals surface area contributed by atoms with Gasteiger partial charge >= 0.3 is 0 Å². The third kappa shape index (κ3) is 1.32. The summed E-state index contributed by atoms with van der Waals surface area (Å²) in [5.74, 6) is 0. The Morgan fingerprint density at radius 1 is 1.29 bits per heavy atom. The maximum Gasteiger partial charge on any atom is 0.0580 e. The monoisotopic (exact) mass is 187 g/mol. The summed E-state index contributed by atoms with van der Waals surface area (Å²) >= 11 is 0. The van der Waals surface area contributed by atoms with Crippen molar-refractivity contribution in [3.63, 3.8) is 0 Å². The van der Waals surface area contributed by atoms with Gasteiger partial charge in [-0.15, -0.1) is 0 Å². The number of hydrogen-bond donors (Lipinski definition) is 2. The molecule has 0 spiro atoms. The van der Waals surface area contributed by atoms with Crippen LogP contribution in [0.15, 0.2) is 24.5 Å². The van der Waals surface area contributed by atoms with Gasteiger partial charge in [-0.05, 0) is 30.2 Å².